The molecule has 2 aromatic carbocycles. The second-order valence-corrected chi connectivity index (χ2v) is 5.80. The standard InChI is InChI=1S/C15H16FNOS/c16-15-8-13(9-17)6-7-14(15)11-19(18)10-12-4-2-1-3-5-12/h1-8H,9-11,17H2. The minimum Gasteiger partial charge on any atom is -0.326 e. The molecule has 0 saturated heterocycles. The molecule has 19 heavy (non-hydrogen) atoms. The van der Waals surface area contributed by atoms with E-state index < -0.39 is 10.8 Å². The van der Waals surface area contributed by atoms with Crippen LogP contribution in [0.5, 0.6) is 0 Å². The van der Waals surface area contributed by atoms with Crippen molar-refractivity contribution in [2.24, 2.45) is 5.73 Å². The molecule has 0 radical (unpaired) electrons. The molecule has 4 heteroatoms. The van der Waals surface area contributed by atoms with Gasteiger partial charge in [-0.25, -0.2) is 4.39 Å². The summed E-state index contributed by atoms with van der Waals surface area (Å²) < 4.78 is 25.8. The Labute approximate surface area is 114 Å². The molecule has 1 unspecified atom stereocenters. The molecule has 0 heterocycles. The van der Waals surface area contributed by atoms with Crippen molar-refractivity contribution in [3.63, 3.8) is 0 Å². The van der Waals surface area contributed by atoms with E-state index in [-0.39, 0.29) is 11.6 Å². The van der Waals surface area contributed by atoms with Crippen LogP contribution in [0, 0.1) is 5.82 Å². The van der Waals surface area contributed by atoms with Gasteiger partial charge in [-0.05, 0) is 17.2 Å². The lowest BCUT2D eigenvalue weighted by Gasteiger charge is -2.06. The van der Waals surface area contributed by atoms with E-state index in [2.05, 4.69) is 0 Å². The number of rotatable bonds is 5. The van der Waals surface area contributed by atoms with Crippen molar-refractivity contribution >= 4 is 10.8 Å². The highest BCUT2D eigenvalue weighted by atomic mass is 32.2. The third kappa shape index (κ3) is 3.98. The van der Waals surface area contributed by atoms with Crippen LogP contribution in [-0.4, -0.2) is 4.21 Å². The van der Waals surface area contributed by atoms with E-state index >= 15 is 0 Å². The molecule has 0 fully saturated rings. The highest BCUT2D eigenvalue weighted by Gasteiger charge is 2.08. The van der Waals surface area contributed by atoms with Crippen molar-refractivity contribution < 1.29 is 8.60 Å². The van der Waals surface area contributed by atoms with E-state index in [1.165, 1.54) is 6.07 Å². The van der Waals surface area contributed by atoms with Gasteiger partial charge >= 0.3 is 0 Å². The number of nitrogens with two attached hydrogens (primary N) is 1. The molecule has 2 rings (SSSR count). The Morgan fingerprint density at radius 1 is 1.00 bits per heavy atom. The minimum absolute atomic E-state index is 0.228. The van der Waals surface area contributed by atoms with Gasteiger partial charge in [-0.1, -0.05) is 42.5 Å². The van der Waals surface area contributed by atoms with Crippen molar-refractivity contribution in [2.75, 3.05) is 0 Å². The fraction of sp³-hybridized carbons (Fsp3) is 0.200. The summed E-state index contributed by atoms with van der Waals surface area (Å²) in [5, 5.41) is 0. The number of hydrogen-bond donors (Lipinski definition) is 1. The second-order valence-electron chi connectivity index (χ2n) is 4.34. The lowest BCUT2D eigenvalue weighted by molar-refractivity contribution is 0.613. The summed E-state index contributed by atoms with van der Waals surface area (Å²) in [5.74, 6) is 0.342. The molecule has 0 spiro atoms. The normalized spacial score (nSPS) is 12.3. The predicted molar refractivity (Wildman–Crippen MR) is 76.3 cm³/mol. The molecule has 0 aliphatic rings. The van der Waals surface area contributed by atoms with Crippen LogP contribution in [0.3, 0.4) is 0 Å². The Hall–Kier alpha value is -1.52. The molecule has 0 bridgehead atoms. The molecule has 2 aromatic rings. The molecule has 0 aliphatic carbocycles. The fourth-order valence-electron chi connectivity index (χ4n) is 1.82. The monoisotopic (exact) mass is 277 g/mol. The Morgan fingerprint density at radius 2 is 1.74 bits per heavy atom. The Kier molecular flexibility index (Phi) is 4.82. The first-order valence-corrected chi connectivity index (χ1v) is 7.54. The van der Waals surface area contributed by atoms with Gasteiger partial charge in [0.25, 0.3) is 0 Å². The van der Waals surface area contributed by atoms with Crippen molar-refractivity contribution in [1.29, 1.82) is 0 Å². The minimum atomic E-state index is -1.11. The summed E-state index contributed by atoms with van der Waals surface area (Å²) in [6, 6.07) is 14.4. The lowest BCUT2D eigenvalue weighted by atomic mass is 10.1. The van der Waals surface area contributed by atoms with E-state index in [4.69, 9.17) is 5.73 Å². The third-order valence-corrected chi connectivity index (χ3v) is 4.13. The van der Waals surface area contributed by atoms with E-state index in [1.807, 2.05) is 30.3 Å². The maximum Gasteiger partial charge on any atom is 0.127 e. The van der Waals surface area contributed by atoms with Gasteiger partial charge in [0, 0.05) is 28.7 Å². The van der Waals surface area contributed by atoms with Crippen LogP contribution >= 0.6 is 0 Å². The van der Waals surface area contributed by atoms with Gasteiger partial charge in [-0.2, -0.15) is 0 Å². The van der Waals surface area contributed by atoms with Crippen molar-refractivity contribution in [1.82, 2.24) is 0 Å². The van der Waals surface area contributed by atoms with Crippen LogP contribution in [0.2, 0.25) is 0 Å². The average molecular weight is 277 g/mol. The van der Waals surface area contributed by atoms with Gasteiger partial charge in [0.15, 0.2) is 0 Å². The van der Waals surface area contributed by atoms with E-state index in [9.17, 15) is 8.60 Å². The molecule has 100 valence electrons. The zero-order valence-electron chi connectivity index (χ0n) is 10.5. The summed E-state index contributed by atoms with van der Waals surface area (Å²) in [7, 11) is -1.11. The summed E-state index contributed by atoms with van der Waals surface area (Å²) >= 11 is 0. The van der Waals surface area contributed by atoms with Crippen LogP contribution in [0.1, 0.15) is 16.7 Å². The van der Waals surface area contributed by atoms with Crippen LogP contribution in [0.25, 0.3) is 0 Å². The first kappa shape index (κ1) is 13.9. The molecule has 2 N–H and O–H groups in total. The summed E-state index contributed by atoms with van der Waals surface area (Å²) in [5.41, 5.74) is 7.67. The van der Waals surface area contributed by atoms with Crippen molar-refractivity contribution in [2.45, 2.75) is 18.1 Å². The maximum atomic E-state index is 13.7. The van der Waals surface area contributed by atoms with Gasteiger partial charge in [0.1, 0.15) is 5.82 Å². The Morgan fingerprint density at radius 3 is 2.37 bits per heavy atom. The molecular weight excluding hydrogens is 261 g/mol. The lowest BCUT2D eigenvalue weighted by Crippen LogP contribution is -2.03. The first-order chi connectivity index (χ1) is 9.19. The summed E-state index contributed by atoms with van der Waals surface area (Å²) in [6.07, 6.45) is 0. The largest absolute Gasteiger partial charge is 0.326 e. The first-order valence-electron chi connectivity index (χ1n) is 6.05. The van der Waals surface area contributed by atoms with Crippen molar-refractivity contribution in [3.05, 3.63) is 71.0 Å². The van der Waals surface area contributed by atoms with E-state index in [0.717, 1.165) is 11.1 Å². The number of halogens is 1. The molecule has 0 saturated carbocycles. The number of hydrogen-bond acceptors (Lipinski definition) is 2. The van der Waals surface area contributed by atoms with Gasteiger partial charge in [0.2, 0.25) is 0 Å². The quantitative estimate of drug-likeness (QED) is 0.913. The van der Waals surface area contributed by atoms with Crippen LogP contribution in [0.4, 0.5) is 4.39 Å². The zero-order chi connectivity index (χ0) is 13.7. The smallest absolute Gasteiger partial charge is 0.127 e. The maximum absolute atomic E-state index is 13.7. The predicted octanol–water partition coefficient (Wildman–Crippen LogP) is 2.73. The highest BCUT2D eigenvalue weighted by Crippen LogP contribution is 2.14. The Bertz CT molecular complexity index is 572. The van der Waals surface area contributed by atoms with Gasteiger partial charge in [0.05, 0.1) is 5.75 Å². The molecule has 0 aromatic heterocycles. The van der Waals surface area contributed by atoms with Gasteiger partial charge in [-0.15, -0.1) is 0 Å². The van der Waals surface area contributed by atoms with Gasteiger partial charge in [-0.3, -0.25) is 4.21 Å². The molecule has 0 aliphatic heterocycles. The van der Waals surface area contributed by atoms with E-state index in [0.29, 0.717) is 17.9 Å². The third-order valence-electron chi connectivity index (χ3n) is 2.84. The zero-order valence-corrected chi connectivity index (χ0v) is 11.3. The molecule has 1 atom stereocenters. The molecular formula is C15H16FNOS. The average Bonchev–Trinajstić information content (AvgIpc) is 2.42. The fourth-order valence-corrected chi connectivity index (χ4v) is 3.07. The molecule has 2 nitrogen and oxygen atoms in total. The van der Waals surface area contributed by atoms with Gasteiger partial charge < -0.3 is 5.73 Å². The van der Waals surface area contributed by atoms with Crippen LogP contribution in [0.15, 0.2) is 48.5 Å². The highest BCUT2D eigenvalue weighted by molar-refractivity contribution is 7.83. The summed E-state index contributed by atoms with van der Waals surface area (Å²) in [4.78, 5) is 0. The van der Waals surface area contributed by atoms with Crippen molar-refractivity contribution in [3.8, 4) is 0 Å². The number of benzene rings is 2. The SMILES string of the molecule is NCc1ccc(CS(=O)Cc2ccccc2)c(F)c1. The topological polar surface area (TPSA) is 43.1 Å². The molecule has 0 amide bonds. The van der Waals surface area contributed by atoms with E-state index in [1.54, 1.807) is 12.1 Å². The van der Waals surface area contributed by atoms with Crippen LogP contribution < -0.4 is 5.73 Å². The summed E-state index contributed by atoms with van der Waals surface area (Å²) in [6.45, 7) is 0.310. The Balaban J connectivity index is 2.03. The van der Waals surface area contributed by atoms with Crippen LogP contribution in [-0.2, 0) is 28.9 Å². The second kappa shape index (κ2) is 6.59.